The molecule has 0 fully saturated rings. The summed E-state index contributed by atoms with van der Waals surface area (Å²) in [6.07, 6.45) is -2.92. The Morgan fingerprint density at radius 2 is 1.89 bits per heavy atom. The van der Waals surface area contributed by atoms with E-state index in [1.165, 1.54) is 45.4 Å². The van der Waals surface area contributed by atoms with Gasteiger partial charge in [-0.2, -0.15) is 13.2 Å². The fourth-order valence-electron chi connectivity index (χ4n) is 2.76. The van der Waals surface area contributed by atoms with Gasteiger partial charge in [0.05, 0.1) is 5.41 Å². The van der Waals surface area contributed by atoms with Crippen LogP contribution in [-0.2, 0) is 0 Å². The fourth-order valence-corrected chi connectivity index (χ4v) is 6.35. The third-order valence-corrected chi connectivity index (χ3v) is 10.5. The van der Waals surface area contributed by atoms with Crippen molar-refractivity contribution in [3.8, 4) is 11.7 Å². The van der Waals surface area contributed by atoms with Crippen LogP contribution in [0.5, 0.6) is 5.88 Å². The molecule has 0 saturated carbocycles. The van der Waals surface area contributed by atoms with Crippen LogP contribution in [0.25, 0.3) is 5.82 Å². The average molecular weight is 588 g/mol. The van der Waals surface area contributed by atoms with Gasteiger partial charge in [-0.1, -0.05) is 0 Å². The van der Waals surface area contributed by atoms with Crippen LogP contribution < -0.4 is 13.9 Å². The third kappa shape index (κ3) is 6.95. The molecule has 0 aliphatic heterocycles. The number of nitrogens with zero attached hydrogens (tertiary/aromatic N) is 3. The van der Waals surface area contributed by atoms with Crippen molar-refractivity contribution < 1.29 is 22.7 Å². The molecule has 3 aromatic rings. The zero-order valence-electron chi connectivity index (χ0n) is 19.9. The monoisotopic (exact) mass is 588 g/mol. The van der Waals surface area contributed by atoms with Gasteiger partial charge < -0.3 is 4.74 Å². The number of aromatic nitrogens is 3. The molecule has 0 radical (unpaired) electrons. The Balaban J connectivity index is 1.65. The molecule has 6 nitrogen and oxygen atoms in total. The molecule has 3 rings (SSSR count). The first-order valence-corrected chi connectivity index (χ1v) is 19.2. The average Bonchev–Trinajstić information content (AvgIpc) is 3.24. The van der Waals surface area contributed by atoms with Gasteiger partial charge in [0.2, 0.25) is 5.88 Å². The van der Waals surface area contributed by atoms with E-state index in [1.807, 2.05) is 12.1 Å². The van der Waals surface area contributed by atoms with Crippen molar-refractivity contribution in [2.75, 3.05) is 6.61 Å². The van der Waals surface area contributed by atoms with Gasteiger partial charge in [0, 0.05) is 6.07 Å². The summed E-state index contributed by atoms with van der Waals surface area (Å²) in [5, 5.41) is 4.06. The fraction of sp³-hybridized carbons (Fsp3) is 0.348. The van der Waals surface area contributed by atoms with Crippen molar-refractivity contribution in [3.05, 3.63) is 59.4 Å². The number of halogens is 4. The van der Waals surface area contributed by atoms with Gasteiger partial charge in [-0.25, -0.2) is 0 Å². The SMILES string of the molecule is CC(C)(COc1ccn(-c2ccc(C(=O)NSc3ccc[c]([Ge]([CH3])([CH3])[CH3])c3)c(Cl)n2)n1)C(F)(F)F. The number of rotatable bonds is 8. The second kappa shape index (κ2) is 10.4. The van der Waals surface area contributed by atoms with Crippen LogP contribution in [0.3, 0.4) is 0 Å². The van der Waals surface area contributed by atoms with E-state index in [2.05, 4.69) is 44.2 Å². The molecular weight excluding hydrogens is 561 g/mol. The molecule has 1 amide bonds. The van der Waals surface area contributed by atoms with Crippen molar-refractivity contribution >= 4 is 47.1 Å². The van der Waals surface area contributed by atoms with Crippen molar-refractivity contribution in [1.29, 1.82) is 0 Å². The predicted octanol–water partition coefficient (Wildman–Crippen LogP) is 5.87. The first-order chi connectivity index (χ1) is 16.2. The topological polar surface area (TPSA) is 69.0 Å². The van der Waals surface area contributed by atoms with E-state index in [1.54, 1.807) is 0 Å². The molecule has 12 heteroatoms. The number of hydrogen-bond donors (Lipinski definition) is 1. The summed E-state index contributed by atoms with van der Waals surface area (Å²) in [5.74, 6) is 6.79. The number of nitrogens with one attached hydrogen (secondary N) is 1. The summed E-state index contributed by atoms with van der Waals surface area (Å²) in [7, 11) is 0. The molecule has 1 N–H and O–H groups in total. The maximum atomic E-state index is 13.0. The Labute approximate surface area is 214 Å². The van der Waals surface area contributed by atoms with Crippen molar-refractivity contribution in [2.45, 2.75) is 42.2 Å². The van der Waals surface area contributed by atoms with E-state index in [9.17, 15) is 18.0 Å². The number of carbonyl (C=O) groups is 1. The number of benzene rings is 1. The number of amides is 1. The molecule has 0 atom stereocenters. The first kappa shape index (κ1) is 27.4. The molecule has 188 valence electrons. The van der Waals surface area contributed by atoms with Gasteiger partial charge in [0.1, 0.15) is 6.61 Å². The van der Waals surface area contributed by atoms with Gasteiger partial charge in [-0.3, -0.25) is 0 Å². The van der Waals surface area contributed by atoms with E-state index >= 15 is 0 Å². The molecular formula is C23H26ClF3GeN4O2S. The minimum Gasteiger partial charge on any atom is -0.170 e. The van der Waals surface area contributed by atoms with E-state index in [0.29, 0.717) is 0 Å². The maximum absolute atomic E-state index is 13.0. The number of hydrogen-bond acceptors (Lipinski definition) is 5. The number of carbonyl (C=O) groups excluding carboxylic acids is 1. The summed E-state index contributed by atoms with van der Waals surface area (Å²) in [6.45, 7) is 1.52. The third-order valence-electron chi connectivity index (χ3n) is 5.19. The number of ether oxygens (including phenoxy) is 1. The Hall–Kier alpha value is -2.18. The Bertz CT molecular complexity index is 1210. The van der Waals surface area contributed by atoms with E-state index < -0.39 is 37.4 Å². The van der Waals surface area contributed by atoms with Crippen LogP contribution in [0, 0.1) is 5.41 Å². The van der Waals surface area contributed by atoms with Crippen LogP contribution in [0.1, 0.15) is 24.2 Å². The zero-order chi connectivity index (χ0) is 26.0. The standard InChI is InChI=1S/C23H26ClF3GeN4O2S/c1-22(2,23(25,26)27)14-34-19-11-12-32(30-19)18-10-9-17(20(24)29-18)21(33)31-35-16-8-6-7-15(13-16)28(3,4)5/h6-13H,14H2,1-5H3,(H,31,33). The molecule has 0 saturated heterocycles. The summed E-state index contributed by atoms with van der Waals surface area (Å²) in [5.41, 5.74) is -1.84. The Kier molecular flexibility index (Phi) is 8.17. The minimum absolute atomic E-state index is 0.0140. The summed E-state index contributed by atoms with van der Waals surface area (Å²) in [4.78, 5) is 17.8. The van der Waals surface area contributed by atoms with Crippen LogP contribution in [-0.4, -0.2) is 46.7 Å². The number of pyridine rings is 1. The van der Waals surface area contributed by atoms with E-state index in [4.69, 9.17) is 16.3 Å². The van der Waals surface area contributed by atoms with Crippen molar-refractivity contribution in [1.82, 2.24) is 19.5 Å². The molecule has 0 spiro atoms. The van der Waals surface area contributed by atoms with Gasteiger partial charge in [-0.05, 0) is 13.8 Å². The Morgan fingerprint density at radius 1 is 1.17 bits per heavy atom. The zero-order valence-corrected chi connectivity index (χ0v) is 23.6. The molecule has 2 aromatic heterocycles. The first-order valence-electron chi connectivity index (χ1n) is 10.7. The molecule has 0 unspecified atom stereocenters. The minimum atomic E-state index is -4.41. The van der Waals surface area contributed by atoms with Crippen molar-refractivity contribution in [3.63, 3.8) is 0 Å². The van der Waals surface area contributed by atoms with Gasteiger partial charge in [0.25, 0.3) is 0 Å². The van der Waals surface area contributed by atoms with Crippen LogP contribution >= 0.6 is 23.5 Å². The molecule has 2 heterocycles. The Morgan fingerprint density at radius 3 is 2.51 bits per heavy atom. The molecule has 1 aromatic carbocycles. The van der Waals surface area contributed by atoms with Crippen LogP contribution in [0.2, 0.25) is 22.4 Å². The van der Waals surface area contributed by atoms with Crippen LogP contribution in [0.15, 0.2) is 53.6 Å². The smallest absolute Gasteiger partial charge is 0.170 e. The predicted molar refractivity (Wildman–Crippen MR) is 134 cm³/mol. The second-order valence-electron chi connectivity index (χ2n) is 9.59. The van der Waals surface area contributed by atoms with Crippen LogP contribution in [0.4, 0.5) is 13.2 Å². The quantitative estimate of drug-likeness (QED) is 0.203. The molecule has 0 aliphatic rings. The van der Waals surface area contributed by atoms with E-state index in [-0.39, 0.29) is 22.4 Å². The summed E-state index contributed by atoms with van der Waals surface area (Å²) in [6, 6.07) is 12.6. The summed E-state index contributed by atoms with van der Waals surface area (Å²) >= 11 is 5.46. The van der Waals surface area contributed by atoms with Gasteiger partial charge in [0.15, 0.2) is 0 Å². The number of alkyl halides is 3. The van der Waals surface area contributed by atoms with E-state index in [0.717, 1.165) is 18.7 Å². The van der Waals surface area contributed by atoms with Gasteiger partial charge in [-0.15, -0.1) is 0 Å². The molecule has 0 aliphatic carbocycles. The normalized spacial score (nSPS) is 12.5. The van der Waals surface area contributed by atoms with Gasteiger partial charge >= 0.3 is 159 Å². The molecule has 0 bridgehead atoms. The molecule has 35 heavy (non-hydrogen) atoms. The summed E-state index contributed by atoms with van der Waals surface area (Å²) < 4.78 is 49.7. The second-order valence-corrected chi connectivity index (χ2v) is 21.5. The van der Waals surface area contributed by atoms with Crippen molar-refractivity contribution in [2.24, 2.45) is 5.41 Å².